The van der Waals surface area contributed by atoms with E-state index in [0.717, 1.165) is 16.7 Å². The summed E-state index contributed by atoms with van der Waals surface area (Å²) in [6, 6.07) is 15.3. The molecule has 28 heavy (non-hydrogen) atoms. The first-order valence-corrected chi connectivity index (χ1v) is 9.97. The highest BCUT2D eigenvalue weighted by molar-refractivity contribution is 7.92. The van der Waals surface area contributed by atoms with Gasteiger partial charge in [0.15, 0.2) is 0 Å². The third-order valence-electron chi connectivity index (χ3n) is 3.97. The van der Waals surface area contributed by atoms with Gasteiger partial charge < -0.3 is 5.73 Å². The van der Waals surface area contributed by atoms with Crippen molar-refractivity contribution in [1.29, 1.82) is 0 Å². The Hall–Kier alpha value is -3.58. The van der Waals surface area contributed by atoms with Crippen molar-refractivity contribution in [1.82, 2.24) is 10.2 Å². The summed E-state index contributed by atoms with van der Waals surface area (Å²) < 4.78 is 27.7. The van der Waals surface area contributed by atoms with Crippen molar-refractivity contribution in [2.45, 2.75) is 4.90 Å². The summed E-state index contributed by atoms with van der Waals surface area (Å²) in [4.78, 5) is 0.199. The van der Waals surface area contributed by atoms with E-state index in [9.17, 15) is 8.42 Å². The Bertz CT molecular complexity index is 1130. The van der Waals surface area contributed by atoms with Crippen LogP contribution in [0.1, 0.15) is 5.56 Å². The normalized spacial score (nSPS) is 12.2. The van der Waals surface area contributed by atoms with E-state index in [-0.39, 0.29) is 4.90 Å². The maximum atomic E-state index is 12.6. The van der Waals surface area contributed by atoms with Crippen LogP contribution in [0.2, 0.25) is 0 Å². The van der Waals surface area contributed by atoms with Gasteiger partial charge in [0.25, 0.3) is 10.0 Å². The van der Waals surface area contributed by atoms with Gasteiger partial charge in [0.1, 0.15) is 0 Å². The van der Waals surface area contributed by atoms with Crippen LogP contribution in [-0.2, 0) is 10.0 Å². The van der Waals surface area contributed by atoms with E-state index in [1.54, 1.807) is 66.9 Å². The zero-order chi connectivity index (χ0) is 20.0. The molecule has 4 N–H and O–H groups in total. The zero-order valence-electron chi connectivity index (χ0n) is 15.0. The smallest absolute Gasteiger partial charge is 0.261 e. The number of nitrogens with zero attached hydrogens (tertiary/aromatic N) is 1. The van der Waals surface area contributed by atoms with Gasteiger partial charge in [0, 0.05) is 23.0 Å². The molecule has 2 aromatic carbocycles. The molecule has 0 radical (unpaired) electrons. The summed E-state index contributed by atoms with van der Waals surface area (Å²) in [6.07, 6.45) is 8.43. The van der Waals surface area contributed by atoms with Gasteiger partial charge in [0.2, 0.25) is 0 Å². The maximum absolute atomic E-state index is 12.6. The molecule has 142 valence electrons. The standard InChI is InChI=1S/C21H20N4O2S/c1-2-7-16(12-13-22)20-15-23-24-21(20)17-8-6-9-18(14-17)25-28(26,27)19-10-4-3-5-11-19/h2-15,25H,1,22H2,(H,23,24)/b13-12-,16-7+. The molecule has 3 rings (SSSR count). The first-order valence-electron chi connectivity index (χ1n) is 8.48. The van der Waals surface area contributed by atoms with Crippen molar-refractivity contribution in [3.8, 4) is 11.3 Å². The maximum Gasteiger partial charge on any atom is 0.261 e. The molecular formula is C21H20N4O2S. The summed E-state index contributed by atoms with van der Waals surface area (Å²) >= 11 is 0. The summed E-state index contributed by atoms with van der Waals surface area (Å²) in [5.74, 6) is 0. The number of sulfonamides is 1. The van der Waals surface area contributed by atoms with E-state index < -0.39 is 10.0 Å². The van der Waals surface area contributed by atoms with Gasteiger partial charge in [-0.15, -0.1) is 0 Å². The number of rotatable bonds is 7. The second-order valence-corrected chi connectivity index (χ2v) is 7.55. The van der Waals surface area contributed by atoms with Crippen LogP contribution in [0.3, 0.4) is 0 Å². The fourth-order valence-electron chi connectivity index (χ4n) is 2.74. The van der Waals surface area contributed by atoms with Gasteiger partial charge in [-0.2, -0.15) is 5.10 Å². The Morgan fingerprint density at radius 3 is 2.64 bits per heavy atom. The average molecular weight is 392 g/mol. The lowest BCUT2D eigenvalue weighted by molar-refractivity contribution is 0.601. The van der Waals surface area contributed by atoms with Crippen molar-refractivity contribution >= 4 is 21.3 Å². The fourth-order valence-corrected chi connectivity index (χ4v) is 3.81. The number of H-pyrrole nitrogens is 1. The van der Waals surface area contributed by atoms with Crippen molar-refractivity contribution in [2.75, 3.05) is 4.72 Å². The lowest BCUT2D eigenvalue weighted by Crippen LogP contribution is -2.12. The first-order chi connectivity index (χ1) is 13.5. The number of anilines is 1. The minimum Gasteiger partial charge on any atom is -0.405 e. The van der Waals surface area contributed by atoms with Crippen LogP contribution in [0, 0.1) is 0 Å². The molecule has 0 fully saturated rings. The number of hydrogen-bond acceptors (Lipinski definition) is 4. The molecule has 0 aliphatic heterocycles. The molecule has 0 amide bonds. The number of benzene rings is 2. The van der Waals surface area contributed by atoms with Gasteiger partial charge in [-0.05, 0) is 42.1 Å². The monoisotopic (exact) mass is 392 g/mol. The highest BCUT2D eigenvalue weighted by Crippen LogP contribution is 2.29. The minimum absolute atomic E-state index is 0.199. The summed E-state index contributed by atoms with van der Waals surface area (Å²) in [6.45, 7) is 3.72. The van der Waals surface area contributed by atoms with Crippen LogP contribution in [0.15, 0.2) is 96.7 Å². The molecule has 0 aliphatic carbocycles. The molecule has 1 aromatic heterocycles. The van der Waals surface area contributed by atoms with Gasteiger partial charge in [-0.1, -0.05) is 49.1 Å². The van der Waals surface area contributed by atoms with Crippen LogP contribution in [-0.4, -0.2) is 18.6 Å². The molecular weight excluding hydrogens is 372 g/mol. The molecule has 0 aliphatic rings. The van der Waals surface area contributed by atoms with E-state index in [1.807, 2.05) is 12.1 Å². The SMILES string of the molecule is C=C/C=C(\C=C/N)c1c[nH]nc1-c1cccc(NS(=O)(=O)c2ccccc2)c1. The van der Waals surface area contributed by atoms with E-state index in [1.165, 1.54) is 6.20 Å². The molecule has 1 heterocycles. The van der Waals surface area contributed by atoms with Crippen molar-refractivity contribution in [2.24, 2.45) is 5.73 Å². The molecule has 0 bridgehead atoms. The Morgan fingerprint density at radius 2 is 1.93 bits per heavy atom. The molecule has 0 saturated carbocycles. The Morgan fingerprint density at radius 1 is 1.14 bits per heavy atom. The van der Waals surface area contributed by atoms with E-state index >= 15 is 0 Å². The summed E-state index contributed by atoms with van der Waals surface area (Å²) in [5.41, 5.74) is 9.07. The second-order valence-electron chi connectivity index (χ2n) is 5.86. The molecule has 0 atom stereocenters. The third-order valence-corrected chi connectivity index (χ3v) is 5.36. The first kappa shape index (κ1) is 19.2. The van der Waals surface area contributed by atoms with Crippen molar-refractivity contribution in [3.63, 3.8) is 0 Å². The quantitative estimate of drug-likeness (QED) is 0.531. The lowest BCUT2D eigenvalue weighted by Gasteiger charge is -2.10. The second kappa shape index (κ2) is 8.41. The number of allylic oxidation sites excluding steroid dienone is 4. The number of nitrogens with one attached hydrogen (secondary N) is 2. The van der Waals surface area contributed by atoms with Gasteiger partial charge in [-0.25, -0.2) is 8.42 Å². The van der Waals surface area contributed by atoms with Gasteiger partial charge >= 0.3 is 0 Å². The summed E-state index contributed by atoms with van der Waals surface area (Å²) in [7, 11) is -3.67. The number of aromatic amines is 1. The van der Waals surface area contributed by atoms with Crippen LogP contribution in [0.5, 0.6) is 0 Å². The van der Waals surface area contributed by atoms with E-state index in [0.29, 0.717) is 11.4 Å². The van der Waals surface area contributed by atoms with E-state index in [2.05, 4.69) is 21.5 Å². The van der Waals surface area contributed by atoms with Crippen molar-refractivity contribution in [3.05, 3.63) is 97.4 Å². The molecule has 3 aromatic rings. The van der Waals surface area contributed by atoms with Crippen LogP contribution in [0.4, 0.5) is 5.69 Å². The number of hydrogen-bond donors (Lipinski definition) is 3. The predicted molar refractivity (Wildman–Crippen MR) is 113 cm³/mol. The topological polar surface area (TPSA) is 101 Å². The molecule has 7 heteroatoms. The van der Waals surface area contributed by atoms with E-state index in [4.69, 9.17) is 5.73 Å². The lowest BCUT2D eigenvalue weighted by atomic mass is 10.0. The van der Waals surface area contributed by atoms with Crippen LogP contribution in [0.25, 0.3) is 16.8 Å². The molecule has 0 unspecified atom stereocenters. The highest BCUT2D eigenvalue weighted by Gasteiger charge is 2.15. The molecule has 0 saturated heterocycles. The Kier molecular flexibility index (Phi) is 5.76. The van der Waals surface area contributed by atoms with Crippen LogP contribution < -0.4 is 10.5 Å². The highest BCUT2D eigenvalue weighted by atomic mass is 32.2. The zero-order valence-corrected chi connectivity index (χ0v) is 15.9. The number of aromatic nitrogens is 2. The molecule has 0 spiro atoms. The van der Waals surface area contributed by atoms with Gasteiger partial charge in [-0.3, -0.25) is 9.82 Å². The fraction of sp³-hybridized carbons (Fsp3) is 0. The average Bonchev–Trinajstić information content (AvgIpc) is 3.18. The van der Waals surface area contributed by atoms with Gasteiger partial charge in [0.05, 0.1) is 10.6 Å². The predicted octanol–water partition coefficient (Wildman–Crippen LogP) is 3.92. The Balaban J connectivity index is 1.97. The number of nitrogens with two attached hydrogens (primary N) is 1. The largest absolute Gasteiger partial charge is 0.405 e. The summed E-state index contributed by atoms with van der Waals surface area (Å²) in [5, 5.41) is 7.16. The van der Waals surface area contributed by atoms with Crippen LogP contribution >= 0.6 is 0 Å². The third kappa shape index (κ3) is 4.21. The molecule has 6 nitrogen and oxygen atoms in total. The Labute approximate surface area is 164 Å². The van der Waals surface area contributed by atoms with Crippen molar-refractivity contribution < 1.29 is 8.42 Å². The minimum atomic E-state index is -3.67.